The molecule has 1 atom stereocenters. The van der Waals surface area contributed by atoms with Gasteiger partial charge >= 0.3 is 0 Å². The van der Waals surface area contributed by atoms with E-state index in [0.29, 0.717) is 25.2 Å². The van der Waals surface area contributed by atoms with Crippen molar-refractivity contribution >= 4 is 22.7 Å². The lowest BCUT2D eigenvalue weighted by atomic mass is 9.99. The molecule has 0 spiro atoms. The number of benzene rings is 3. The molecular weight excluding hydrogens is 410 g/mol. The zero-order valence-corrected chi connectivity index (χ0v) is 18.9. The van der Waals surface area contributed by atoms with Gasteiger partial charge in [0.1, 0.15) is 0 Å². The van der Waals surface area contributed by atoms with Gasteiger partial charge in [0.05, 0.1) is 0 Å². The minimum absolute atomic E-state index is 0.00879. The highest BCUT2D eigenvalue weighted by Crippen LogP contribution is 2.24. The summed E-state index contributed by atoms with van der Waals surface area (Å²) in [5, 5.41) is 1.09. The molecule has 1 saturated heterocycles. The monoisotopic (exact) mass is 437 g/mol. The molecule has 0 aliphatic carbocycles. The number of amides is 2. The first kappa shape index (κ1) is 21.0. The zero-order chi connectivity index (χ0) is 22.9. The van der Waals surface area contributed by atoms with Crippen LogP contribution in [0.1, 0.15) is 33.2 Å². The largest absolute Gasteiger partial charge is 0.361 e. The van der Waals surface area contributed by atoms with Crippen molar-refractivity contribution in [1.29, 1.82) is 0 Å². The quantitative estimate of drug-likeness (QED) is 0.483. The van der Waals surface area contributed by atoms with Gasteiger partial charge in [-0.1, -0.05) is 48.5 Å². The lowest BCUT2D eigenvalue weighted by Crippen LogP contribution is -2.55. The second kappa shape index (κ2) is 8.58. The number of aromatic nitrogens is 1. The summed E-state index contributed by atoms with van der Waals surface area (Å²) < 4.78 is 0. The Morgan fingerprint density at radius 1 is 0.879 bits per heavy atom. The first-order valence-corrected chi connectivity index (χ1v) is 11.3. The van der Waals surface area contributed by atoms with Crippen LogP contribution >= 0.6 is 0 Å². The lowest BCUT2D eigenvalue weighted by molar-refractivity contribution is 0.0414. The molecule has 5 rings (SSSR count). The van der Waals surface area contributed by atoms with Gasteiger partial charge in [0, 0.05) is 48.5 Å². The molecule has 1 aliphatic rings. The number of carbonyl (C=O) groups excluding carboxylic acids is 2. The first-order chi connectivity index (χ1) is 16.0. The van der Waals surface area contributed by atoms with Crippen LogP contribution in [0, 0.1) is 6.92 Å². The van der Waals surface area contributed by atoms with Crippen LogP contribution in [0.15, 0.2) is 79.0 Å². The van der Waals surface area contributed by atoms with E-state index in [2.05, 4.69) is 23.2 Å². The number of piperazine rings is 1. The smallest absolute Gasteiger partial charge is 0.254 e. The maximum atomic E-state index is 13.3. The number of fused-ring (bicyclic) bond motifs is 1. The predicted molar refractivity (Wildman–Crippen MR) is 131 cm³/mol. The summed E-state index contributed by atoms with van der Waals surface area (Å²) in [4.78, 5) is 33.4. The summed E-state index contributed by atoms with van der Waals surface area (Å²) in [6.45, 7) is 5.57. The van der Waals surface area contributed by atoms with Crippen LogP contribution in [0.4, 0.5) is 0 Å². The first-order valence-electron chi connectivity index (χ1n) is 11.3. The zero-order valence-electron chi connectivity index (χ0n) is 18.9. The summed E-state index contributed by atoms with van der Waals surface area (Å²) in [6, 6.07) is 23.9. The van der Waals surface area contributed by atoms with Crippen molar-refractivity contribution in [2.45, 2.75) is 19.9 Å². The molecule has 3 aromatic carbocycles. The Morgan fingerprint density at radius 2 is 1.70 bits per heavy atom. The van der Waals surface area contributed by atoms with Gasteiger partial charge in [-0.25, -0.2) is 0 Å². The van der Waals surface area contributed by atoms with Crippen molar-refractivity contribution in [3.63, 3.8) is 0 Å². The highest BCUT2D eigenvalue weighted by molar-refractivity contribution is 5.99. The maximum absolute atomic E-state index is 13.3. The van der Waals surface area contributed by atoms with Crippen molar-refractivity contribution < 1.29 is 9.59 Å². The van der Waals surface area contributed by atoms with Crippen molar-refractivity contribution in [3.8, 4) is 11.1 Å². The Labute approximate surface area is 193 Å². The summed E-state index contributed by atoms with van der Waals surface area (Å²) in [5.41, 5.74) is 5.55. The number of nitrogens with zero attached hydrogens (tertiary/aromatic N) is 2. The van der Waals surface area contributed by atoms with Crippen molar-refractivity contribution in [2.24, 2.45) is 0 Å². The van der Waals surface area contributed by atoms with Gasteiger partial charge < -0.3 is 14.8 Å². The molecular formula is C28H27N3O2. The fraction of sp³-hybridized carbons (Fsp3) is 0.214. The number of H-pyrrole nitrogens is 1. The number of aryl methyl sites for hydroxylation is 1. The molecule has 0 bridgehead atoms. The van der Waals surface area contributed by atoms with Crippen LogP contribution < -0.4 is 0 Å². The molecule has 5 heteroatoms. The fourth-order valence-corrected chi connectivity index (χ4v) is 4.67. The molecule has 33 heavy (non-hydrogen) atoms. The normalized spacial score (nSPS) is 16.2. The Morgan fingerprint density at radius 3 is 2.45 bits per heavy atom. The van der Waals surface area contributed by atoms with Crippen LogP contribution in [0.25, 0.3) is 22.0 Å². The number of aromatic amines is 1. The van der Waals surface area contributed by atoms with E-state index in [1.165, 1.54) is 0 Å². The van der Waals surface area contributed by atoms with Crippen LogP contribution in [0.3, 0.4) is 0 Å². The molecule has 0 unspecified atom stereocenters. The SMILES string of the molecule is Cc1cc(-c2ccccc2)ccc1C(=O)N1CCN(C(=O)c2ccc3cc[nH]c3c2)[C@@H](C)C1. The molecule has 2 heterocycles. The molecule has 1 aliphatic heterocycles. The van der Waals surface area contributed by atoms with Crippen LogP contribution in [-0.2, 0) is 0 Å². The van der Waals surface area contributed by atoms with Crippen LogP contribution in [0.5, 0.6) is 0 Å². The lowest BCUT2D eigenvalue weighted by Gasteiger charge is -2.40. The van der Waals surface area contributed by atoms with E-state index in [0.717, 1.165) is 33.2 Å². The Bertz CT molecular complexity index is 1330. The van der Waals surface area contributed by atoms with E-state index in [1.807, 2.05) is 84.4 Å². The van der Waals surface area contributed by atoms with Crippen LogP contribution in [-0.4, -0.2) is 52.3 Å². The molecule has 1 aromatic heterocycles. The third kappa shape index (κ3) is 4.02. The third-order valence-electron chi connectivity index (χ3n) is 6.54. The minimum Gasteiger partial charge on any atom is -0.361 e. The van der Waals surface area contributed by atoms with Crippen molar-refractivity contribution in [3.05, 3.63) is 95.7 Å². The summed E-state index contributed by atoms with van der Waals surface area (Å²) >= 11 is 0. The molecule has 0 radical (unpaired) electrons. The number of rotatable bonds is 3. The summed E-state index contributed by atoms with van der Waals surface area (Å²) in [6.07, 6.45) is 1.88. The van der Waals surface area contributed by atoms with E-state index in [-0.39, 0.29) is 17.9 Å². The number of nitrogens with one attached hydrogen (secondary N) is 1. The number of carbonyl (C=O) groups is 2. The van der Waals surface area contributed by atoms with Crippen molar-refractivity contribution in [1.82, 2.24) is 14.8 Å². The second-order valence-corrected chi connectivity index (χ2v) is 8.77. The van der Waals surface area contributed by atoms with Gasteiger partial charge in [0.15, 0.2) is 0 Å². The molecule has 2 amide bonds. The Balaban J connectivity index is 1.29. The second-order valence-electron chi connectivity index (χ2n) is 8.77. The highest BCUT2D eigenvalue weighted by atomic mass is 16.2. The van der Waals surface area contributed by atoms with Gasteiger partial charge in [-0.3, -0.25) is 9.59 Å². The summed E-state index contributed by atoms with van der Waals surface area (Å²) in [7, 11) is 0. The predicted octanol–water partition coefficient (Wildman–Crippen LogP) is 5.13. The molecule has 0 saturated carbocycles. The van der Waals surface area contributed by atoms with E-state index < -0.39 is 0 Å². The Kier molecular flexibility index (Phi) is 5.47. The average molecular weight is 438 g/mol. The molecule has 1 fully saturated rings. The number of hydrogen-bond donors (Lipinski definition) is 1. The van der Waals surface area contributed by atoms with E-state index in [9.17, 15) is 9.59 Å². The van der Waals surface area contributed by atoms with Gasteiger partial charge in [-0.05, 0) is 60.2 Å². The standard InChI is InChI=1S/C28H27N3O2/c1-19-16-23(21-6-4-3-5-7-21)10-11-25(19)28(33)30-14-15-31(20(2)18-30)27(32)24-9-8-22-12-13-29-26(22)17-24/h3-13,16-17,20,29H,14-15,18H2,1-2H3/t20-/m0/s1. The minimum atomic E-state index is -0.0570. The van der Waals surface area contributed by atoms with E-state index in [1.54, 1.807) is 0 Å². The average Bonchev–Trinajstić information content (AvgIpc) is 3.31. The van der Waals surface area contributed by atoms with Crippen LogP contribution in [0.2, 0.25) is 0 Å². The summed E-state index contributed by atoms with van der Waals surface area (Å²) in [5.74, 6) is 0.0355. The third-order valence-corrected chi connectivity index (χ3v) is 6.54. The van der Waals surface area contributed by atoms with Gasteiger partial charge in [-0.2, -0.15) is 0 Å². The molecule has 1 N–H and O–H groups in total. The molecule has 4 aromatic rings. The Hall–Kier alpha value is -3.86. The topological polar surface area (TPSA) is 56.4 Å². The van der Waals surface area contributed by atoms with Crippen molar-refractivity contribution in [2.75, 3.05) is 19.6 Å². The molecule has 166 valence electrons. The molecule has 5 nitrogen and oxygen atoms in total. The highest BCUT2D eigenvalue weighted by Gasteiger charge is 2.31. The fourth-order valence-electron chi connectivity index (χ4n) is 4.67. The van der Waals surface area contributed by atoms with Gasteiger partial charge in [-0.15, -0.1) is 0 Å². The maximum Gasteiger partial charge on any atom is 0.254 e. The van der Waals surface area contributed by atoms with E-state index >= 15 is 0 Å². The van der Waals surface area contributed by atoms with Gasteiger partial charge in [0.25, 0.3) is 11.8 Å². The number of hydrogen-bond acceptors (Lipinski definition) is 2. The van der Waals surface area contributed by atoms with Gasteiger partial charge in [0.2, 0.25) is 0 Å². The van der Waals surface area contributed by atoms with E-state index in [4.69, 9.17) is 0 Å².